The third kappa shape index (κ3) is 6.27. The highest BCUT2D eigenvalue weighted by Gasteiger charge is 2.35. The number of anilines is 1. The average molecular weight is 442 g/mol. The van der Waals surface area contributed by atoms with Crippen molar-refractivity contribution in [3.63, 3.8) is 0 Å². The Labute approximate surface area is 197 Å². The van der Waals surface area contributed by atoms with Crippen LogP contribution in [0.25, 0.3) is 0 Å². The Bertz CT molecular complexity index is 743. The van der Waals surface area contributed by atoms with Gasteiger partial charge in [-0.3, -0.25) is 9.69 Å². The van der Waals surface area contributed by atoms with Crippen LogP contribution in [0.2, 0.25) is 0 Å². The van der Waals surface area contributed by atoms with Gasteiger partial charge < -0.3 is 10.2 Å². The van der Waals surface area contributed by atoms with E-state index in [-0.39, 0.29) is 11.3 Å². The Kier molecular flexibility index (Phi) is 8.66. The van der Waals surface area contributed by atoms with E-state index in [4.69, 9.17) is 0 Å². The molecular weight excluding hydrogens is 394 g/mol. The third-order valence-corrected chi connectivity index (χ3v) is 7.65. The van der Waals surface area contributed by atoms with E-state index in [2.05, 4.69) is 74.9 Å². The largest absolute Gasteiger partial charge is 0.369 e. The molecule has 32 heavy (non-hydrogen) atoms. The Hall–Kier alpha value is -1.55. The molecule has 1 amide bonds. The molecule has 0 unspecified atom stereocenters. The highest BCUT2D eigenvalue weighted by atomic mass is 16.2. The van der Waals surface area contributed by atoms with E-state index in [0.29, 0.717) is 12.0 Å². The van der Waals surface area contributed by atoms with Gasteiger partial charge in [0.05, 0.1) is 0 Å². The molecule has 1 aromatic rings. The number of carbonyl (C=O) groups excluding carboxylic acids is 1. The van der Waals surface area contributed by atoms with Gasteiger partial charge in [-0.25, -0.2) is 0 Å². The molecule has 0 atom stereocenters. The fourth-order valence-corrected chi connectivity index (χ4v) is 5.82. The predicted octanol–water partition coefficient (Wildman–Crippen LogP) is 5.29. The van der Waals surface area contributed by atoms with Gasteiger partial charge in [0.1, 0.15) is 0 Å². The first kappa shape index (κ1) is 25.1. The molecule has 4 nitrogen and oxygen atoms in total. The molecule has 1 aromatic carbocycles. The first-order valence-corrected chi connectivity index (χ1v) is 13.1. The van der Waals surface area contributed by atoms with Crippen LogP contribution in [-0.2, 0) is 17.6 Å². The van der Waals surface area contributed by atoms with Crippen LogP contribution in [0, 0.1) is 17.3 Å². The van der Waals surface area contributed by atoms with Gasteiger partial charge in [-0.05, 0) is 74.1 Å². The number of nitrogens with one attached hydrogen (secondary N) is 1. The number of benzene rings is 1. The molecule has 1 saturated carbocycles. The maximum atomic E-state index is 12.6. The second kappa shape index (κ2) is 11.0. The number of carbonyl (C=O) groups is 1. The molecule has 180 valence electrons. The predicted molar refractivity (Wildman–Crippen MR) is 136 cm³/mol. The van der Waals surface area contributed by atoms with Gasteiger partial charge in [-0.2, -0.15) is 0 Å². The molecule has 0 bridgehead atoms. The minimum atomic E-state index is -0.257. The first-order valence-electron chi connectivity index (χ1n) is 13.1. The lowest BCUT2D eigenvalue weighted by atomic mass is 9.76. The van der Waals surface area contributed by atoms with Crippen molar-refractivity contribution >= 4 is 11.6 Å². The average Bonchev–Trinajstić information content (AvgIpc) is 2.73. The summed E-state index contributed by atoms with van der Waals surface area (Å²) < 4.78 is 0. The van der Waals surface area contributed by atoms with Crippen molar-refractivity contribution in [2.75, 3.05) is 37.6 Å². The summed E-state index contributed by atoms with van der Waals surface area (Å²) in [5.74, 6) is 1.57. The monoisotopic (exact) mass is 441 g/mol. The zero-order valence-corrected chi connectivity index (χ0v) is 21.5. The minimum absolute atomic E-state index is 0.240. The second-order valence-electron chi connectivity index (χ2n) is 11.2. The number of hydrogen-bond donors (Lipinski definition) is 1. The molecule has 2 fully saturated rings. The van der Waals surface area contributed by atoms with E-state index in [1.54, 1.807) is 5.56 Å². The zero-order chi connectivity index (χ0) is 23.3. The lowest BCUT2D eigenvalue weighted by Gasteiger charge is -2.41. The van der Waals surface area contributed by atoms with Gasteiger partial charge in [-0.15, -0.1) is 0 Å². The Morgan fingerprint density at radius 3 is 2.38 bits per heavy atom. The number of hydrogen-bond acceptors (Lipinski definition) is 3. The van der Waals surface area contributed by atoms with Crippen LogP contribution in [0.4, 0.5) is 5.69 Å². The Morgan fingerprint density at radius 2 is 1.78 bits per heavy atom. The van der Waals surface area contributed by atoms with E-state index in [9.17, 15) is 4.79 Å². The van der Waals surface area contributed by atoms with Gasteiger partial charge in [0, 0.05) is 43.3 Å². The summed E-state index contributed by atoms with van der Waals surface area (Å²) in [5.41, 5.74) is 4.26. The Balaban J connectivity index is 1.37. The number of rotatable bonds is 10. The van der Waals surface area contributed by atoms with Crippen LogP contribution in [0.15, 0.2) is 18.2 Å². The Morgan fingerprint density at radius 1 is 1.09 bits per heavy atom. The quantitative estimate of drug-likeness (QED) is 0.536. The van der Waals surface area contributed by atoms with Crippen molar-refractivity contribution in [1.29, 1.82) is 0 Å². The summed E-state index contributed by atoms with van der Waals surface area (Å²) in [6, 6.07) is 7.24. The fourth-order valence-electron chi connectivity index (χ4n) is 5.82. The topological polar surface area (TPSA) is 35.6 Å². The standard InChI is InChI=1S/C28H47N3O/c1-7-23-10-9-11-26(25(23)8-2)31-16-14-30(15-17-31)13-12-22-18-24(19-22)29-27(32)28(5,6)20-21(3)4/h9-11,21-22,24H,7-8,12-20H2,1-6H3,(H,29,32). The molecule has 1 saturated heterocycles. The molecule has 2 aliphatic rings. The van der Waals surface area contributed by atoms with E-state index >= 15 is 0 Å². The maximum absolute atomic E-state index is 12.6. The van der Waals surface area contributed by atoms with Crippen molar-refractivity contribution in [2.45, 2.75) is 86.1 Å². The first-order chi connectivity index (χ1) is 15.2. The number of nitrogens with zero attached hydrogens (tertiary/aromatic N) is 2. The molecule has 0 radical (unpaired) electrons. The van der Waals surface area contributed by atoms with Crippen molar-refractivity contribution in [3.05, 3.63) is 29.3 Å². The van der Waals surface area contributed by atoms with Gasteiger partial charge >= 0.3 is 0 Å². The van der Waals surface area contributed by atoms with Crippen molar-refractivity contribution in [3.8, 4) is 0 Å². The van der Waals surface area contributed by atoms with Gasteiger partial charge in [-0.1, -0.05) is 53.7 Å². The van der Waals surface area contributed by atoms with E-state index in [0.717, 1.165) is 64.2 Å². The maximum Gasteiger partial charge on any atom is 0.225 e. The number of aryl methyl sites for hydroxylation is 1. The summed E-state index contributed by atoms with van der Waals surface area (Å²) in [5, 5.41) is 3.31. The summed E-state index contributed by atoms with van der Waals surface area (Å²) in [4.78, 5) is 17.9. The van der Waals surface area contributed by atoms with Crippen LogP contribution in [0.5, 0.6) is 0 Å². The van der Waals surface area contributed by atoms with Gasteiger partial charge in [0.15, 0.2) is 0 Å². The molecule has 0 spiro atoms. The van der Waals surface area contributed by atoms with Crippen molar-refractivity contribution in [2.24, 2.45) is 17.3 Å². The van der Waals surface area contributed by atoms with E-state index in [1.807, 2.05) is 0 Å². The molecule has 0 aromatic heterocycles. The zero-order valence-electron chi connectivity index (χ0n) is 21.5. The normalized spacial score (nSPS) is 22.2. The molecule has 1 heterocycles. The second-order valence-corrected chi connectivity index (χ2v) is 11.2. The fraction of sp³-hybridized carbons (Fsp3) is 0.750. The molecule has 4 heteroatoms. The van der Waals surface area contributed by atoms with Crippen LogP contribution >= 0.6 is 0 Å². The van der Waals surface area contributed by atoms with Gasteiger partial charge in [0.2, 0.25) is 5.91 Å². The summed E-state index contributed by atoms with van der Waals surface area (Å²) in [7, 11) is 0. The lowest BCUT2D eigenvalue weighted by Crippen LogP contribution is -2.50. The smallest absolute Gasteiger partial charge is 0.225 e. The third-order valence-electron chi connectivity index (χ3n) is 7.65. The van der Waals surface area contributed by atoms with Crippen LogP contribution < -0.4 is 10.2 Å². The lowest BCUT2D eigenvalue weighted by molar-refractivity contribution is -0.131. The molecule has 1 N–H and O–H groups in total. The highest BCUT2D eigenvalue weighted by molar-refractivity contribution is 5.82. The minimum Gasteiger partial charge on any atom is -0.369 e. The van der Waals surface area contributed by atoms with Crippen molar-refractivity contribution < 1.29 is 4.79 Å². The SMILES string of the molecule is CCc1cccc(N2CCN(CCC3CC(NC(=O)C(C)(C)CC(C)C)C3)CC2)c1CC. The number of piperazine rings is 1. The highest BCUT2D eigenvalue weighted by Crippen LogP contribution is 2.33. The molecule has 3 rings (SSSR count). The van der Waals surface area contributed by atoms with Crippen LogP contribution in [-0.4, -0.2) is 49.6 Å². The van der Waals surface area contributed by atoms with E-state index in [1.165, 1.54) is 24.2 Å². The van der Waals surface area contributed by atoms with Gasteiger partial charge in [0.25, 0.3) is 0 Å². The molecule has 1 aliphatic heterocycles. The number of amides is 1. The van der Waals surface area contributed by atoms with Crippen LogP contribution in [0.3, 0.4) is 0 Å². The van der Waals surface area contributed by atoms with Crippen LogP contribution in [0.1, 0.15) is 78.4 Å². The van der Waals surface area contributed by atoms with Crippen molar-refractivity contribution in [1.82, 2.24) is 10.2 Å². The summed E-state index contributed by atoms with van der Waals surface area (Å²) >= 11 is 0. The molecule has 1 aliphatic carbocycles. The molecular formula is C28H47N3O. The summed E-state index contributed by atoms with van der Waals surface area (Å²) in [6.07, 6.45) is 6.78. The summed E-state index contributed by atoms with van der Waals surface area (Å²) in [6.45, 7) is 18.9. The van der Waals surface area contributed by atoms with E-state index < -0.39 is 0 Å².